The zero-order chi connectivity index (χ0) is 22.0. The molecule has 0 radical (unpaired) electrons. The first-order valence-corrected chi connectivity index (χ1v) is 10.4. The zero-order valence-electron chi connectivity index (χ0n) is 19.6. The van der Waals surface area contributed by atoms with E-state index in [-0.39, 0.29) is 5.92 Å². The fourth-order valence-corrected chi connectivity index (χ4v) is 3.76. The summed E-state index contributed by atoms with van der Waals surface area (Å²) in [5.74, 6) is 0.164. The molecule has 3 rings (SSSR count). The van der Waals surface area contributed by atoms with Crippen molar-refractivity contribution >= 4 is 22.7 Å². The smallest absolute Gasteiger partial charge is 0.0384 e. The van der Waals surface area contributed by atoms with E-state index in [1.165, 1.54) is 39.4 Å². The van der Waals surface area contributed by atoms with E-state index >= 15 is 0 Å². The predicted octanol–water partition coefficient (Wildman–Crippen LogP) is 4.85. The van der Waals surface area contributed by atoms with Crippen LogP contribution in [-0.2, 0) is 0 Å². The summed E-state index contributed by atoms with van der Waals surface area (Å²) in [5, 5.41) is 0. The van der Waals surface area contributed by atoms with Gasteiger partial charge in [-0.15, -0.1) is 0 Å². The minimum absolute atomic E-state index is 0.164. The molecule has 160 valence electrons. The Labute approximate surface area is 182 Å². The fraction of sp³-hybridized carbons (Fsp3) is 0.346. The first-order chi connectivity index (χ1) is 14.2. The molecule has 0 aliphatic carbocycles. The molecule has 4 heteroatoms. The van der Waals surface area contributed by atoms with Gasteiger partial charge in [-0.1, -0.05) is 0 Å². The molecular weight excluding hydrogens is 368 g/mol. The van der Waals surface area contributed by atoms with Gasteiger partial charge in [0.15, 0.2) is 0 Å². The Kier molecular flexibility index (Phi) is 6.35. The second-order valence-electron chi connectivity index (χ2n) is 8.79. The minimum Gasteiger partial charge on any atom is -0.378 e. The van der Waals surface area contributed by atoms with Crippen molar-refractivity contribution in [2.24, 2.45) is 0 Å². The van der Waals surface area contributed by atoms with E-state index in [1.54, 1.807) is 0 Å². The average Bonchev–Trinajstić information content (AvgIpc) is 3.21. The van der Waals surface area contributed by atoms with Crippen LogP contribution in [0.15, 0.2) is 60.7 Å². The Bertz CT molecular complexity index is 853. The lowest BCUT2D eigenvalue weighted by molar-refractivity contribution is 0.965. The lowest BCUT2D eigenvalue weighted by Gasteiger charge is -2.29. The molecule has 0 aliphatic heterocycles. The Hall–Kier alpha value is -3.01. The molecule has 0 N–H and O–H groups in total. The minimum atomic E-state index is 0.164. The largest absolute Gasteiger partial charge is 0.378 e. The first kappa shape index (κ1) is 21.7. The van der Waals surface area contributed by atoms with Crippen LogP contribution in [0.5, 0.6) is 0 Å². The summed E-state index contributed by atoms with van der Waals surface area (Å²) in [6.45, 7) is 0. The zero-order valence-corrected chi connectivity index (χ0v) is 19.6. The Balaban J connectivity index is 2.27. The number of rotatable bonds is 7. The summed E-state index contributed by atoms with van der Waals surface area (Å²) in [7, 11) is 16.8. The maximum absolute atomic E-state index is 2.32. The molecule has 30 heavy (non-hydrogen) atoms. The average molecular weight is 404 g/mol. The van der Waals surface area contributed by atoms with Crippen molar-refractivity contribution in [2.75, 3.05) is 76.0 Å². The van der Waals surface area contributed by atoms with E-state index in [9.17, 15) is 0 Å². The van der Waals surface area contributed by atoms with Gasteiger partial charge in [-0.05, 0) is 53.4 Å². The maximum atomic E-state index is 2.32. The second-order valence-corrected chi connectivity index (χ2v) is 8.79. The van der Waals surface area contributed by atoms with E-state index in [4.69, 9.17) is 0 Å². The van der Waals surface area contributed by atoms with Gasteiger partial charge in [0.05, 0.1) is 0 Å². The molecule has 0 amide bonds. The first-order valence-electron chi connectivity index (χ1n) is 10.4. The summed E-state index contributed by atoms with van der Waals surface area (Å²) in [6, 6.07) is 22.5. The van der Waals surface area contributed by atoms with Crippen molar-refractivity contribution < 1.29 is 0 Å². The summed E-state index contributed by atoms with van der Waals surface area (Å²) < 4.78 is 0. The molecule has 0 unspecified atom stereocenters. The lowest BCUT2D eigenvalue weighted by atomic mass is 9.85. The quantitative estimate of drug-likeness (QED) is 0.523. The van der Waals surface area contributed by atoms with E-state index in [0.717, 1.165) is 0 Å². The maximum Gasteiger partial charge on any atom is 0.0384 e. The van der Waals surface area contributed by atoms with Gasteiger partial charge in [-0.25, -0.2) is 6.07 Å². The van der Waals surface area contributed by atoms with Gasteiger partial charge < -0.3 is 19.6 Å². The van der Waals surface area contributed by atoms with Gasteiger partial charge in [0, 0.05) is 79.1 Å². The van der Waals surface area contributed by atoms with Crippen LogP contribution in [0.3, 0.4) is 0 Å². The van der Waals surface area contributed by atoms with Gasteiger partial charge in [-0.2, -0.15) is 23.8 Å². The topological polar surface area (TPSA) is 13.0 Å². The van der Waals surface area contributed by atoms with Crippen molar-refractivity contribution in [3.8, 4) is 0 Å². The Morgan fingerprint density at radius 1 is 0.533 bits per heavy atom. The molecule has 0 aromatic heterocycles. The van der Waals surface area contributed by atoms with Gasteiger partial charge in [-0.3, -0.25) is 0 Å². The van der Waals surface area contributed by atoms with Crippen LogP contribution < -0.4 is 19.6 Å². The van der Waals surface area contributed by atoms with Crippen LogP contribution in [-0.4, -0.2) is 56.4 Å². The van der Waals surface area contributed by atoms with Crippen LogP contribution >= 0.6 is 0 Å². The molecule has 0 aliphatic rings. The number of benzene rings is 2. The van der Waals surface area contributed by atoms with Gasteiger partial charge in [0.25, 0.3) is 0 Å². The van der Waals surface area contributed by atoms with Crippen LogP contribution in [0.25, 0.3) is 0 Å². The Morgan fingerprint density at radius 2 is 0.900 bits per heavy atom. The summed E-state index contributed by atoms with van der Waals surface area (Å²) in [4.78, 5) is 8.72. The van der Waals surface area contributed by atoms with E-state index in [2.05, 4.69) is 137 Å². The lowest BCUT2D eigenvalue weighted by Crippen LogP contribution is -2.16. The summed E-state index contributed by atoms with van der Waals surface area (Å²) in [5.41, 5.74) is 8.77. The highest BCUT2D eigenvalue weighted by Gasteiger charge is 2.17. The van der Waals surface area contributed by atoms with E-state index in [1.807, 2.05) is 0 Å². The van der Waals surface area contributed by atoms with Crippen LogP contribution in [0, 0.1) is 0 Å². The monoisotopic (exact) mass is 403 g/mol. The summed E-state index contributed by atoms with van der Waals surface area (Å²) >= 11 is 0. The highest BCUT2D eigenvalue weighted by molar-refractivity contribution is 5.66. The summed E-state index contributed by atoms with van der Waals surface area (Å²) in [6.07, 6.45) is 0. The van der Waals surface area contributed by atoms with Gasteiger partial charge in [0.1, 0.15) is 0 Å². The molecule has 0 saturated carbocycles. The van der Waals surface area contributed by atoms with Gasteiger partial charge >= 0.3 is 0 Å². The highest BCUT2D eigenvalue weighted by Crippen LogP contribution is 2.39. The number of nitrogens with zero attached hydrogens (tertiary/aromatic N) is 4. The Morgan fingerprint density at radius 3 is 1.17 bits per heavy atom. The molecule has 3 aromatic rings. The van der Waals surface area contributed by atoms with E-state index in [0.29, 0.717) is 0 Å². The number of hydrogen-bond donors (Lipinski definition) is 0. The highest BCUT2D eigenvalue weighted by atomic mass is 15.1. The van der Waals surface area contributed by atoms with Gasteiger partial charge in [0.2, 0.25) is 0 Å². The molecule has 0 saturated heterocycles. The third-order valence-electron chi connectivity index (χ3n) is 5.60. The standard InChI is InChI=1S/C26H35N4/c1-27(2)22-13-20(14-23(17-22)28(3)4)26(19-11-9-10-12-19)21-15-24(29(5)6)18-25(16-21)30(7)8/h9-18,26H,1-8H3/q-1. The molecule has 4 nitrogen and oxygen atoms in total. The normalized spacial score (nSPS) is 11.0. The van der Waals surface area contributed by atoms with Crippen molar-refractivity contribution in [1.82, 2.24) is 0 Å². The predicted molar refractivity (Wildman–Crippen MR) is 133 cm³/mol. The third kappa shape index (κ3) is 4.59. The molecule has 0 atom stereocenters. The van der Waals surface area contributed by atoms with Crippen molar-refractivity contribution in [3.05, 3.63) is 77.4 Å². The molecule has 3 aromatic carbocycles. The SMILES string of the molecule is CN(C)c1cc(C(c2cc[cH-]c2)c2cc(N(C)C)cc(N(C)C)c2)cc(N(C)C)c1. The van der Waals surface area contributed by atoms with E-state index < -0.39 is 0 Å². The number of hydrogen-bond acceptors (Lipinski definition) is 4. The second kappa shape index (κ2) is 8.78. The van der Waals surface area contributed by atoms with Crippen LogP contribution in [0.2, 0.25) is 0 Å². The molecule has 0 heterocycles. The number of anilines is 4. The molecule has 0 bridgehead atoms. The third-order valence-corrected chi connectivity index (χ3v) is 5.60. The molecular formula is C26H35N4-. The van der Waals surface area contributed by atoms with Crippen molar-refractivity contribution in [2.45, 2.75) is 5.92 Å². The molecule has 0 fully saturated rings. The van der Waals surface area contributed by atoms with Crippen molar-refractivity contribution in [3.63, 3.8) is 0 Å². The molecule has 0 spiro atoms. The van der Waals surface area contributed by atoms with Crippen LogP contribution in [0.4, 0.5) is 22.7 Å². The van der Waals surface area contributed by atoms with Crippen molar-refractivity contribution in [1.29, 1.82) is 0 Å². The fourth-order valence-electron chi connectivity index (χ4n) is 3.76. The van der Waals surface area contributed by atoms with Crippen LogP contribution in [0.1, 0.15) is 22.6 Å².